The van der Waals surface area contributed by atoms with Gasteiger partial charge in [0, 0.05) is 41.5 Å². The minimum atomic E-state index is -0.249. The predicted octanol–water partition coefficient (Wildman–Crippen LogP) is 4.85. The van der Waals surface area contributed by atoms with E-state index < -0.39 is 0 Å². The summed E-state index contributed by atoms with van der Waals surface area (Å²) in [5.74, 6) is -0.249. The van der Waals surface area contributed by atoms with Crippen molar-refractivity contribution in [3.8, 4) is 11.3 Å². The summed E-state index contributed by atoms with van der Waals surface area (Å²) in [6, 6.07) is 28.0. The minimum absolute atomic E-state index is 0.249. The number of carbonyl (C=O) groups excluding carboxylic acids is 1. The predicted molar refractivity (Wildman–Crippen MR) is 131 cm³/mol. The van der Waals surface area contributed by atoms with Crippen molar-refractivity contribution < 1.29 is 4.79 Å². The molecule has 5 rings (SSSR count). The maximum absolute atomic E-state index is 12.8. The van der Waals surface area contributed by atoms with Gasteiger partial charge in [-0.3, -0.25) is 9.48 Å². The highest BCUT2D eigenvalue weighted by molar-refractivity contribution is 6.07. The van der Waals surface area contributed by atoms with Crippen LogP contribution in [0.25, 0.3) is 22.2 Å². The van der Waals surface area contributed by atoms with Gasteiger partial charge in [-0.2, -0.15) is 10.2 Å². The Morgan fingerprint density at radius 3 is 2.42 bits per heavy atom. The third-order valence-electron chi connectivity index (χ3n) is 5.54. The second kappa shape index (κ2) is 8.96. The summed E-state index contributed by atoms with van der Waals surface area (Å²) >= 11 is 0. The van der Waals surface area contributed by atoms with Gasteiger partial charge in [-0.05, 0) is 11.6 Å². The van der Waals surface area contributed by atoms with Crippen LogP contribution in [-0.2, 0) is 13.6 Å². The lowest BCUT2D eigenvalue weighted by Crippen LogP contribution is -2.17. The second-order valence-electron chi connectivity index (χ2n) is 7.85. The highest BCUT2D eigenvalue weighted by atomic mass is 16.2. The highest BCUT2D eigenvalue weighted by Crippen LogP contribution is 2.22. The summed E-state index contributed by atoms with van der Waals surface area (Å²) in [4.78, 5) is 12.8. The molecule has 0 fully saturated rings. The molecule has 162 valence electrons. The van der Waals surface area contributed by atoms with Gasteiger partial charge in [0.15, 0.2) is 0 Å². The fourth-order valence-electron chi connectivity index (χ4n) is 3.95. The molecule has 5 aromatic rings. The third-order valence-corrected chi connectivity index (χ3v) is 5.54. The SMILES string of the molecule is Cn1cc(C(=O)NN=Cc2cn(Cc3ccccc3)nc2-c2ccccc2)c2ccccc21. The summed E-state index contributed by atoms with van der Waals surface area (Å²) in [6.45, 7) is 0.650. The van der Waals surface area contributed by atoms with Crippen molar-refractivity contribution in [2.24, 2.45) is 12.1 Å². The van der Waals surface area contributed by atoms with Crippen molar-refractivity contribution in [1.29, 1.82) is 0 Å². The van der Waals surface area contributed by atoms with Crippen LogP contribution in [-0.4, -0.2) is 26.5 Å². The van der Waals surface area contributed by atoms with Crippen LogP contribution in [0, 0.1) is 0 Å². The molecule has 0 aliphatic carbocycles. The number of aromatic nitrogens is 3. The van der Waals surface area contributed by atoms with Crippen molar-refractivity contribution in [2.45, 2.75) is 6.54 Å². The zero-order valence-corrected chi connectivity index (χ0v) is 18.2. The lowest BCUT2D eigenvalue weighted by atomic mass is 10.1. The Bertz CT molecular complexity index is 1430. The number of para-hydroxylation sites is 1. The monoisotopic (exact) mass is 433 g/mol. The summed E-state index contributed by atoms with van der Waals surface area (Å²) in [5, 5.41) is 9.94. The average Bonchev–Trinajstić information content (AvgIpc) is 3.41. The molecular formula is C27H23N5O. The van der Waals surface area contributed by atoms with Crippen LogP contribution < -0.4 is 5.43 Å². The molecule has 0 atom stereocenters. The first kappa shape index (κ1) is 20.5. The molecule has 1 N–H and O–H groups in total. The molecule has 0 bridgehead atoms. The van der Waals surface area contributed by atoms with Gasteiger partial charge in [0.05, 0.1) is 18.3 Å². The fourth-order valence-corrected chi connectivity index (χ4v) is 3.95. The molecule has 1 amide bonds. The van der Waals surface area contributed by atoms with Gasteiger partial charge in [-0.1, -0.05) is 78.9 Å². The van der Waals surface area contributed by atoms with Crippen molar-refractivity contribution in [2.75, 3.05) is 0 Å². The number of nitrogens with zero attached hydrogens (tertiary/aromatic N) is 4. The Labute approximate surface area is 191 Å². The van der Waals surface area contributed by atoms with Gasteiger partial charge in [-0.25, -0.2) is 5.43 Å². The zero-order chi connectivity index (χ0) is 22.6. The normalized spacial score (nSPS) is 11.3. The smallest absolute Gasteiger partial charge is 0.273 e. The molecule has 2 aromatic heterocycles. The molecule has 0 aliphatic heterocycles. The van der Waals surface area contributed by atoms with E-state index in [1.165, 1.54) is 0 Å². The first-order valence-corrected chi connectivity index (χ1v) is 10.7. The van der Waals surface area contributed by atoms with Crippen LogP contribution in [0.4, 0.5) is 0 Å². The summed E-state index contributed by atoms with van der Waals surface area (Å²) in [5.41, 5.74) is 8.06. The van der Waals surface area contributed by atoms with E-state index >= 15 is 0 Å². The van der Waals surface area contributed by atoms with Crippen LogP contribution in [0.1, 0.15) is 21.5 Å². The average molecular weight is 434 g/mol. The van der Waals surface area contributed by atoms with E-state index in [1.54, 1.807) is 6.21 Å². The van der Waals surface area contributed by atoms with Crippen LogP contribution in [0.2, 0.25) is 0 Å². The van der Waals surface area contributed by atoms with Gasteiger partial charge in [-0.15, -0.1) is 0 Å². The Balaban J connectivity index is 1.41. The standard InChI is InChI=1S/C27H23N5O/c1-31-19-24(23-14-8-9-15-25(23)31)27(33)29-28-16-22-18-32(17-20-10-4-2-5-11-20)30-26(22)21-12-6-3-7-13-21/h2-16,18-19H,17H2,1H3,(H,29,33). The number of hydrogen-bond donors (Lipinski definition) is 1. The zero-order valence-electron chi connectivity index (χ0n) is 18.2. The quantitative estimate of drug-likeness (QED) is 0.307. The first-order valence-electron chi connectivity index (χ1n) is 10.7. The third kappa shape index (κ3) is 4.32. The molecule has 6 heteroatoms. The number of aryl methyl sites for hydroxylation is 1. The molecule has 0 saturated heterocycles. The van der Waals surface area contributed by atoms with Gasteiger partial charge in [0.1, 0.15) is 5.69 Å². The Morgan fingerprint density at radius 1 is 0.939 bits per heavy atom. The van der Waals surface area contributed by atoms with Crippen molar-refractivity contribution in [3.63, 3.8) is 0 Å². The molecule has 0 unspecified atom stereocenters. The summed E-state index contributed by atoms with van der Waals surface area (Å²) in [7, 11) is 1.93. The van der Waals surface area contributed by atoms with E-state index in [0.717, 1.165) is 33.3 Å². The largest absolute Gasteiger partial charge is 0.350 e. The van der Waals surface area contributed by atoms with Crippen LogP contribution in [0.3, 0.4) is 0 Å². The first-order chi connectivity index (χ1) is 16.2. The van der Waals surface area contributed by atoms with Gasteiger partial charge in [0.2, 0.25) is 0 Å². The van der Waals surface area contributed by atoms with E-state index in [1.807, 2.05) is 101 Å². The summed E-state index contributed by atoms with van der Waals surface area (Å²) in [6.07, 6.45) is 5.42. The fraction of sp³-hybridized carbons (Fsp3) is 0.0741. The molecule has 2 heterocycles. The summed E-state index contributed by atoms with van der Waals surface area (Å²) < 4.78 is 3.83. The maximum Gasteiger partial charge on any atom is 0.273 e. The number of amides is 1. The Morgan fingerprint density at radius 2 is 1.64 bits per heavy atom. The molecule has 33 heavy (non-hydrogen) atoms. The molecule has 6 nitrogen and oxygen atoms in total. The molecule has 0 spiro atoms. The van der Waals surface area contributed by atoms with Crippen LogP contribution >= 0.6 is 0 Å². The van der Waals surface area contributed by atoms with Crippen molar-refractivity contribution >= 4 is 23.0 Å². The second-order valence-corrected chi connectivity index (χ2v) is 7.85. The lowest BCUT2D eigenvalue weighted by Gasteiger charge is -2.01. The van der Waals surface area contributed by atoms with Crippen LogP contribution in [0.5, 0.6) is 0 Å². The number of rotatable bonds is 6. The molecule has 0 saturated carbocycles. The van der Waals surface area contributed by atoms with Gasteiger partial charge >= 0.3 is 0 Å². The van der Waals surface area contributed by atoms with Gasteiger partial charge in [0.25, 0.3) is 5.91 Å². The number of nitrogens with one attached hydrogen (secondary N) is 1. The Kier molecular flexibility index (Phi) is 5.55. The number of carbonyl (C=O) groups is 1. The number of hydrogen-bond acceptors (Lipinski definition) is 3. The van der Waals surface area contributed by atoms with Crippen LogP contribution in [0.15, 0.2) is 102 Å². The topological polar surface area (TPSA) is 64.2 Å². The highest BCUT2D eigenvalue weighted by Gasteiger charge is 2.14. The van der Waals surface area contributed by atoms with E-state index in [9.17, 15) is 4.79 Å². The number of hydrazone groups is 1. The van der Waals surface area contributed by atoms with E-state index in [2.05, 4.69) is 22.7 Å². The molecule has 0 radical (unpaired) electrons. The molecular weight excluding hydrogens is 410 g/mol. The lowest BCUT2D eigenvalue weighted by molar-refractivity contribution is 0.0956. The number of benzene rings is 3. The van der Waals surface area contributed by atoms with Crippen molar-refractivity contribution in [3.05, 3.63) is 114 Å². The van der Waals surface area contributed by atoms with E-state index in [-0.39, 0.29) is 5.91 Å². The Hall–Kier alpha value is -4.45. The van der Waals surface area contributed by atoms with E-state index in [4.69, 9.17) is 5.10 Å². The number of fused-ring (bicyclic) bond motifs is 1. The molecule has 3 aromatic carbocycles. The van der Waals surface area contributed by atoms with Gasteiger partial charge < -0.3 is 4.57 Å². The van der Waals surface area contributed by atoms with Crippen molar-refractivity contribution in [1.82, 2.24) is 19.8 Å². The van der Waals surface area contributed by atoms with E-state index in [0.29, 0.717) is 12.1 Å². The molecule has 0 aliphatic rings. The minimum Gasteiger partial charge on any atom is -0.350 e. The maximum atomic E-state index is 12.8.